The molecule has 0 amide bonds. The molecular weight excluding hydrogens is 410 g/mol. The number of hydrogen-bond acceptors (Lipinski definition) is 5. The Morgan fingerprint density at radius 2 is 1.97 bits per heavy atom. The molecule has 0 spiro atoms. The SMILES string of the molecule is COC(C)c1nc2c(N)nc(C)c(C)c2n1CCCCS(=O)c1ccc(F)cc1F. The second kappa shape index (κ2) is 9.18. The van der Waals surface area contributed by atoms with Gasteiger partial charge in [-0.2, -0.15) is 0 Å². The van der Waals surface area contributed by atoms with Crippen molar-refractivity contribution in [3.63, 3.8) is 0 Å². The first-order chi connectivity index (χ1) is 14.2. The lowest BCUT2D eigenvalue weighted by Crippen LogP contribution is -2.10. The van der Waals surface area contributed by atoms with Gasteiger partial charge in [-0.3, -0.25) is 4.21 Å². The van der Waals surface area contributed by atoms with Crippen molar-refractivity contribution < 1.29 is 17.7 Å². The highest BCUT2D eigenvalue weighted by molar-refractivity contribution is 7.85. The molecule has 2 atom stereocenters. The van der Waals surface area contributed by atoms with E-state index in [-0.39, 0.29) is 16.8 Å². The summed E-state index contributed by atoms with van der Waals surface area (Å²) in [6.07, 6.45) is 1.06. The van der Waals surface area contributed by atoms with E-state index >= 15 is 0 Å². The second-order valence-corrected chi connectivity index (χ2v) is 8.77. The van der Waals surface area contributed by atoms with Gasteiger partial charge < -0.3 is 15.0 Å². The highest BCUT2D eigenvalue weighted by Gasteiger charge is 2.21. The molecule has 3 rings (SSSR count). The average molecular weight is 437 g/mol. The minimum atomic E-state index is -1.53. The number of unbranched alkanes of at least 4 members (excludes halogenated alkanes) is 1. The highest BCUT2D eigenvalue weighted by atomic mass is 32.2. The zero-order valence-corrected chi connectivity index (χ0v) is 18.4. The first kappa shape index (κ1) is 22.3. The molecule has 9 heteroatoms. The fourth-order valence-electron chi connectivity index (χ4n) is 3.43. The van der Waals surface area contributed by atoms with Gasteiger partial charge in [-0.25, -0.2) is 18.7 Å². The first-order valence-corrected chi connectivity index (χ1v) is 11.1. The Morgan fingerprint density at radius 3 is 2.63 bits per heavy atom. The molecule has 0 bridgehead atoms. The summed E-state index contributed by atoms with van der Waals surface area (Å²) in [7, 11) is 0.0921. The Balaban J connectivity index is 1.79. The molecule has 0 radical (unpaired) electrons. The van der Waals surface area contributed by atoms with Crippen LogP contribution in [0.25, 0.3) is 11.0 Å². The first-order valence-electron chi connectivity index (χ1n) is 9.73. The highest BCUT2D eigenvalue weighted by Crippen LogP contribution is 2.29. The summed E-state index contributed by atoms with van der Waals surface area (Å²) in [6.45, 7) is 6.42. The van der Waals surface area contributed by atoms with Crippen LogP contribution in [0.3, 0.4) is 0 Å². The zero-order chi connectivity index (χ0) is 22.0. The van der Waals surface area contributed by atoms with Gasteiger partial charge in [0.15, 0.2) is 5.82 Å². The van der Waals surface area contributed by atoms with Crippen molar-refractivity contribution in [2.45, 2.75) is 51.2 Å². The second-order valence-electron chi connectivity index (χ2n) is 7.24. The molecule has 0 aliphatic carbocycles. The summed E-state index contributed by atoms with van der Waals surface area (Å²) in [6, 6.07) is 3.12. The number of benzene rings is 1. The molecule has 30 heavy (non-hydrogen) atoms. The molecular formula is C21H26F2N4O2S. The molecule has 2 heterocycles. The van der Waals surface area contributed by atoms with Crippen molar-refractivity contribution in [1.29, 1.82) is 0 Å². The number of pyridine rings is 1. The van der Waals surface area contributed by atoms with Crippen LogP contribution in [0, 0.1) is 25.5 Å². The maximum Gasteiger partial charge on any atom is 0.151 e. The number of hydrogen-bond donors (Lipinski definition) is 1. The van der Waals surface area contributed by atoms with Gasteiger partial charge in [0.2, 0.25) is 0 Å². The number of fused-ring (bicyclic) bond motifs is 1. The summed E-state index contributed by atoms with van der Waals surface area (Å²) < 4.78 is 46.8. The standard InChI is InChI=1S/C21H26F2N4O2S/c1-12-13(2)25-20(24)18-19(12)27(21(26-18)14(3)29-4)9-5-6-10-30(28)17-8-7-15(22)11-16(17)23/h7-8,11,14H,5-6,9-10H2,1-4H3,(H2,24,25). The number of rotatable bonds is 8. The Kier molecular flexibility index (Phi) is 6.82. The predicted molar refractivity (Wildman–Crippen MR) is 114 cm³/mol. The number of nitrogens with two attached hydrogens (primary N) is 1. The quantitative estimate of drug-likeness (QED) is 0.535. The predicted octanol–water partition coefficient (Wildman–Crippen LogP) is 4.20. The van der Waals surface area contributed by atoms with Gasteiger partial charge >= 0.3 is 0 Å². The normalized spacial score (nSPS) is 13.7. The van der Waals surface area contributed by atoms with Gasteiger partial charge in [0.05, 0.1) is 21.2 Å². The van der Waals surface area contributed by atoms with Crippen LogP contribution in [-0.2, 0) is 22.1 Å². The summed E-state index contributed by atoms with van der Waals surface area (Å²) in [5.74, 6) is -0.0464. The van der Waals surface area contributed by atoms with E-state index in [0.29, 0.717) is 30.7 Å². The van der Waals surface area contributed by atoms with Crippen LogP contribution in [0.5, 0.6) is 0 Å². The summed E-state index contributed by atoms with van der Waals surface area (Å²) >= 11 is 0. The van der Waals surface area contributed by atoms with Crippen LogP contribution in [-0.4, -0.2) is 31.6 Å². The minimum absolute atomic E-state index is 0.0310. The molecule has 3 aromatic rings. The Morgan fingerprint density at radius 1 is 1.23 bits per heavy atom. The number of methoxy groups -OCH3 is 1. The maximum atomic E-state index is 13.8. The molecule has 1 aromatic carbocycles. The van der Waals surface area contributed by atoms with E-state index in [1.54, 1.807) is 7.11 Å². The number of anilines is 1. The number of halogens is 2. The van der Waals surface area contributed by atoms with Crippen LogP contribution in [0.1, 0.15) is 43.0 Å². The van der Waals surface area contributed by atoms with E-state index < -0.39 is 22.4 Å². The topological polar surface area (TPSA) is 83.0 Å². The lowest BCUT2D eigenvalue weighted by Gasteiger charge is -2.15. The van der Waals surface area contributed by atoms with Crippen LogP contribution < -0.4 is 5.73 Å². The lowest BCUT2D eigenvalue weighted by atomic mass is 10.2. The van der Waals surface area contributed by atoms with Gasteiger partial charge in [-0.05, 0) is 51.3 Å². The van der Waals surface area contributed by atoms with Gasteiger partial charge in [0.1, 0.15) is 29.1 Å². The van der Waals surface area contributed by atoms with Gasteiger partial charge in [0, 0.05) is 31.2 Å². The molecule has 0 aliphatic heterocycles. The third-order valence-electron chi connectivity index (χ3n) is 5.24. The van der Waals surface area contributed by atoms with Crippen molar-refractivity contribution in [2.75, 3.05) is 18.6 Å². The van der Waals surface area contributed by atoms with Crippen molar-refractivity contribution in [2.24, 2.45) is 0 Å². The van der Waals surface area contributed by atoms with E-state index in [2.05, 4.69) is 14.5 Å². The van der Waals surface area contributed by atoms with E-state index in [1.807, 2.05) is 20.8 Å². The third kappa shape index (κ3) is 4.37. The largest absolute Gasteiger partial charge is 0.382 e. The van der Waals surface area contributed by atoms with Crippen molar-refractivity contribution in [3.05, 3.63) is 46.9 Å². The van der Waals surface area contributed by atoms with Crippen molar-refractivity contribution >= 4 is 27.7 Å². The number of aromatic nitrogens is 3. The summed E-state index contributed by atoms with van der Waals surface area (Å²) in [4.78, 5) is 9.07. The van der Waals surface area contributed by atoms with E-state index in [1.165, 1.54) is 6.07 Å². The number of nitrogen functional groups attached to an aromatic ring is 1. The number of imidazole rings is 1. The molecule has 2 aromatic heterocycles. The molecule has 0 saturated carbocycles. The fraction of sp³-hybridized carbons (Fsp3) is 0.429. The van der Waals surface area contributed by atoms with Crippen molar-refractivity contribution in [3.8, 4) is 0 Å². The maximum absolute atomic E-state index is 13.8. The molecule has 162 valence electrons. The number of ether oxygens (including phenoxy) is 1. The Hall–Kier alpha value is -2.39. The van der Waals surface area contributed by atoms with E-state index in [4.69, 9.17) is 10.5 Å². The molecule has 2 unspecified atom stereocenters. The smallest absolute Gasteiger partial charge is 0.151 e. The van der Waals surface area contributed by atoms with E-state index in [0.717, 1.165) is 34.7 Å². The van der Waals surface area contributed by atoms with Crippen molar-refractivity contribution in [1.82, 2.24) is 14.5 Å². The number of nitrogens with zero attached hydrogens (tertiary/aromatic N) is 3. The van der Waals surface area contributed by atoms with Crippen LogP contribution in [0.4, 0.5) is 14.6 Å². The van der Waals surface area contributed by atoms with Crippen LogP contribution in [0.2, 0.25) is 0 Å². The molecule has 0 fully saturated rings. The van der Waals surface area contributed by atoms with Crippen LogP contribution in [0.15, 0.2) is 23.1 Å². The molecule has 6 nitrogen and oxygen atoms in total. The lowest BCUT2D eigenvalue weighted by molar-refractivity contribution is 0.109. The molecule has 0 aliphatic rings. The molecule has 2 N–H and O–H groups in total. The van der Waals surface area contributed by atoms with Crippen LogP contribution >= 0.6 is 0 Å². The number of aryl methyl sites for hydroxylation is 3. The average Bonchev–Trinajstić information content (AvgIpc) is 3.09. The summed E-state index contributed by atoms with van der Waals surface area (Å²) in [5, 5.41) is 0. The summed E-state index contributed by atoms with van der Waals surface area (Å²) in [5.41, 5.74) is 9.51. The molecule has 0 saturated heterocycles. The van der Waals surface area contributed by atoms with Gasteiger partial charge in [-0.15, -0.1) is 0 Å². The Labute approximate surface area is 176 Å². The van der Waals surface area contributed by atoms with Gasteiger partial charge in [-0.1, -0.05) is 0 Å². The van der Waals surface area contributed by atoms with Gasteiger partial charge in [0.25, 0.3) is 0 Å². The zero-order valence-electron chi connectivity index (χ0n) is 17.5. The third-order valence-corrected chi connectivity index (χ3v) is 6.72. The van der Waals surface area contributed by atoms with E-state index in [9.17, 15) is 13.0 Å². The minimum Gasteiger partial charge on any atom is -0.382 e. The monoisotopic (exact) mass is 436 g/mol. The Bertz CT molecular complexity index is 1100. The fourth-order valence-corrected chi connectivity index (χ4v) is 4.62.